The molecule has 1 saturated carbocycles. The van der Waals surface area contributed by atoms with Crippen LogP contribution in [0.5, 0.6) is 0 Å². The lowest BCUT2D eigenvalue weighted by molar-refractivity contribution is 0.624. The number of hydrogen-bond acceptors (Lipinski definition) is 1. The van der Waals surface area contributed by atoms with Gasteiger partial charge in [0.2, 0.25) is 0 Å². The average molecular weight is 208 g/mol. The molecule has 2 atom stereocenters. The number of halogens is 2. The van der Waals surface area contributed by atoms with Gasteiger partial charge in [0.1, 0.15) is 0 Å². The molecule has 0 radical (unpaired) electrons. The second kappa shape index (κ2) is 5.11. The molecule has 0 aliphatic heterocycles. The summed E-state index contributed by atoms with van der Waals surface area (Å²) in [6.07, 6.45) is 3.92. The Bertz CT molecular complexity index is 168. The van der Waals surface area contributed by atoms with Crippen LogP contribution in [0.25, 0.3) is 0 Å². The van der Waals surface area contributed by atoms with Crippen LogP contribution >= 0.6 is 23.2 Å². The topological polar surface area (TPSA) is 12.0 Å². The summed E-state index contributed by atoms with van der Waals surface area (Å²) in [5, 5.41) is 4.05. The molecule has 0 aromatic carbocycles. The molecule has 2 unspecified atom stereocenters. The lowest BCUT2D eigenvalue weighted by Crippen LogP contribution is -2.19. The van der Waals surface area contributed by atoms with Crippen molar-refractivity contribution in [2.75, 3.05) is 6.54 Å². The van der Waals surface area contributed by atoms with Gasteiger partial charge < -0.3 is 5.32 Å². The third-order valence-corrected chi connectivity index (χ3v) is 2.85. The van der Waals surface area contributed by atoms with Crippen LogP contribution in [0.2, 0.25) is 0 Å². The number of rotatable bonds is 5. The second-order valence-electron chi connectivity index (χ2n) is 3.33. The van der Waals surface area contributed by atoms with Crippen LogP contribution in [-0.2, 0) is 0 Å². The van der Waals surface area contributed by atoms with E-state index in [1.54, 1.807) is 0 Å². The highest BCUT2D eigenvalue weighted by molar-refractivity contribution is 6.36. The predicted molar refractivity (Wildman–Crippen MR) is 54.6 cm³/mol. The quantitative estimate of drug-likeness (QED) is 0.732. The van der Waals surface area contributed by atoms with Crippen molar-refractivity contribution >= 4 is 23.2 Å². The summed E-state index contributed by atoms with van der Waals surface area (Å²) in [5.74, 6) is 0.884. The maximum Gasteiger partial charge on any atom is 0.0432 e. The fourth-order valence-corrected chi connectivity index (χ4v) is 1.61. The van der Waals surface area contributed by atoms with Crippen molar-refractivity contribution < 1.29 is 0 Å². The van der Waals surface area contributed by atoms with Crippen LogP contribution in [0, 0.1) is 5.92 Å². The van der Waals surface area contributed by atoms with Gasteiger partial charge in [0.05, 0.1) is 0 Å². The summed E-state index contributed by atoms with van der Waals surface area (Å²) in [5.41, 5.74) is 1.42. The standard InChI is InChI=1S/C9H15Cl2N/c1-2-3-7-4-9(7)12-6-8(11)5-10/h5,7,9,12H,2-4,6H2,1H3. The normalized spacial score (nSPS) is 29.1. The van der Waals surface area contributed by atoms with Crippen molar-refractivity contribution in [3.63, 3.8) is 0 Å². The second-order valence-corrected chi connectivity index (χ2v) is 4.03. The van der Waals surface area contributed by atoms with Crippen molar-refractivity contribution in [3.8, 4) is 0 Å². The van der Waals surface area contributed by atoms with E-state index in [0.717, 1.165) is 12.5 Å². The number of nitrogens with one attached hydrogen (secondary N) is 1. The molecule has 0 aromatic rings. The SMILES string of the molecule is CCCC1CC1NCC(Cl)=CCl. The molecule has 1 aliphatic rings. The maximum absolute atomic E-state index is 5.73. The minimum Gasteiger partial charge on any atom is -0.309 e. The minimum absolute atomic E-state index is 0.690. The van der Waals surface area contributed by atoms with Gasteiger partial charge in [0, 0.05) is 23.2 Å². The van der Waals surface area contributed by atoms with Gasteiger partial charge in [-0.2, -0.15) is 0 Å². The van der Waals surface area contributed by atoms with Crippen molar-refractivity contribution in [1.29, 1.82) is 0 Å². The Balaban J connectivity index is 2.04. The van der Waals surface area contributed by atoms with Crippen LogP contribution in [0.15, 0.2) is 10.6 Å². The molecule has 1 nitrogen and oxygen atoms in total. The molecule has 1 fully saturated rings. The van der Waals surface area contributed by atoms with Gasteiger partial charge in [-0.15, -0.1) is 0 Å². The molecule has 70 valence electrons. The Morgan fingerprint density at radius 3 is 3.00 bits per heavy atom. The molecular weight excluding hydrogens is 193 g/mol. The van der Waals surface area contributed by atoms with E-state index < -0.39 is 0 Å². The van der Waals surface area contributed by atoms with Crippen molar-refractivity contribution in [2.45, 2.75) is 32.2 Å². The Kier molecular flexibility index (Phi) is 4.41. The van der Waals surface area contributed by atoms with E-state index >= 15 is 0 Å². The summed E-state index contributed by atoms with van der Waals surface area (Å²) >= 11 is 11.1. The zero-order valence-corrected chi connectivity index (χ0v) is 8.83. The Labute approximate surface area is 84.1 Å². The molecule has 12 heavy (non-hydrogen) atoms. The van der Waals surface area contributed by atoms with E-state index in [1.165, 1.54) is 24.8 Å². The lowest BCUT2D eigenvalue weighted by atomic mass is 10.2. The van der Waals surface area contributed by atoms with Crippen LogP contribution in [-0.4, -0.2) is 12.6 Å². The van der Waals surface area contributed by atoms with Crippen LogP contribution < -0.4 is 5.32 Å². The highest BCUT2D eigenvalue weighted by Crippen LogP contribution is 2.34. The third kappa shape index (κ3) is 3.34. The minimum atomic E-state index is 0.690. The fourth-order valence-electron chi connectivity index (χ4n) is 1.45. The summed E-state index contributed by atoms with van der Waals surface area (Å²) in [6.45, 7) is 2.94. The maximum atomic E-state index is 5.73. The highest BCUT2D eigenvalue weighted by atomic mass is 35.5. The first-order valence-electron chi connectivity index (χ1n) is 4.46. The molecule has 0 saturated heterocycles. The molecule has 0 amide bonds. The van der Waals surface area contributed by atoms with Gasteiger partial charge in [0.15, 0.2) is 0 Å². The highest BCUT2D eigenvalue weighted by Gasteiger charge is 2.35. The van der Waals surface area contributed by atoms with Gasteiger partial charge >= 0.3 is 0 Å². The van der Waals surface area contributed by atoms with E-state index in [-0.39, 0.29) is 0 Å². The lowest BCUT2D eigenvalue weighted by Gasteiger charge is -2.01. The predicted octanol–water partition coefficient (Wildman–Crippen LogP) is 3.08. The number of hydrogen-bond donors (Lipinski definition) is 1. The summed E-state index contributed by atoms with van der Waals surface area (Å²) < 4.78 is 0. The molecule has 0 bridgehead atoms. The smallest absolute Gasteiger partial charge is 0.0432 e. The first-order chi connectivity index (χ1) is 5.77. The molecule has 1 N–H and O–H groups in total. The van der Waals surface area contributed by atoms with Gasteiger partial charge in [-0.05, 0) is 18.8 Å². The summed E-state index contributed by atoms with van der Waals surface area (Å²) in [6, 6.07) is 0.690. The van der Waals surface area contributed by atoms with Crippen molar-refractivity contribution in [2.24, 2.45) is 5.92 Å². The molecule has 3 heteroatoms. The first kappa shape index (κ1) is 10.4. The molecule has 1 rings (SSSR count). The zero-order chi connectivity index (χ0) is 8.97. The van der Waals surface area contributed by atoms with E-state index in [9.17, 15) is 0 Å². The Morgan fingerprint density at radius 1 is 1.67 bits per heavy atom. The molecule has 0 heterocycles. The van der Waals surface area contributed by atoms with Crippen molar-refractivity contribution in [3.05, 3.63) is 10.6 Å². The average Bonchev–Trinajstić information content (AvgIpc) is 2.80. The summed E-state index contributed by atoms with van der Waals surface area (Å²) in [7, 11) is 0. The van der Waals surface area contributed by atoms with E-state index in [2.05, 4.69) is 12.2 Å². The van der Waals surface area contributed by atoms with Crippen LogP contribution in [0.3, 0.4) is 0 Å². The van der Waals surface area contributed by atoms with E-state index in [0.29, 0.717) is 11.1 Å². The van der Waals surface area contributed by atoms with Crippen LogP contribution in [0.4, 0.5) is 0 Å². The molecule has 0 aromatic heterocycles. The van der Waals surface area contributed by atoms with Gasteiger partial charge in [-0.25, -0.2) is 0 Å². The zero-order valence-electron chi connectivity index (χ0n) is 7.32. The van der Waals surface area contributed by atoms with Gasteiger partial charge in [0.25, 0.3) is 0 Å². The Hall–Kier alpha value is 0.280. The first-order valence-corrected chi connectivity index (χ1v) is 5.27. The summed E-state index contributed by atoms with van der Waals surface area (Å²) in [4.78, 5) is 0. The van der Waals surface area contributed by atoms with Crippen molar-refractivity contribution in [1.82, 2.24) is 5.32 Å². The van der Waals surface area contributed by atoms with Gasteiger partial charge in [-0.3, -0.25) is 0 Å². The fraction of sp³-hybridized carbons (Fsp3) is 0.778. The Morgan fingerprint density at radius 2 is 2.42 bits per heavy atom. The van der Waals surface area contributed by atoms with E-state index in [1.807, 2.05) is 0 Å². The molecular formula is C9H15Cl2N. The molecule has 0 spiro atoms. The largest absolute Gasteiger partial charge is 0.309 e. The third-order valence-electron chi connectivity index (χ3n) is 2.23. The molecule has 1 aliphatic carbocycles. The van der Waals surface area contributed by atoms with Gasteiger partial charge in [-0.1, -0.05) is 36.5 Å². The monoisotopic (exact) mass is 207 g/mol. The van der Waals surface area contributed by atoms with E-state index in [4.69, 9.17) is 23.2 Å². The van der Waals surface area contributed by atoms with Crippen LogP contribution in [0.1, 0.15) is 26.2 Å².